The van der Waals surface area contributed by atoms with E-state index in [9.17, 15) is 9.18 Å². The average molecular weight is 473 g/mol. The normalized spacial score (nSPS) is 13.2. The molecular formula is C22H22BrFN4O2. The van der Waals surface area contributed by atoms with E-state index < -0.39 is 0 Å². The SMILES string of the molecule is Cn1nc(COCc2cccc(F)c2)c2c1CCN(C(=O)Nc1cccc(Br)c1)C2. The molecule has 2 heterocycles. The molecule has 0 fully saturated rings. The van der Waals surface area contributed by atoms with Crippen LogP contribution in [0.2, 0.25) is 0 Å². The lowest BCUT2D eigenvalue weighted by atomic mass is 10.1. The van der Waals surface area contributed by atoms with Crippen LogP contribution in [-0.4, -0.2) is 27.3 Å². The first-order chi connectivity index (χ1) is 14.5. The van der Waals surface area contributed by atoms with Gasteiger partial charge in [0, 0.05) is 41.4 Å². The van der Waals surface area contributed by atoms with Crippen molar-refractivity contribution in [3.8, 4) is 0 Å². The van der Waals surface area contributed by atoms with Crippen molar-refractivity contribution in [2.24, 2.45) is 7.05 Å². The molecule has 0 radical (unpaired) electrons. The number of rotatable bonds is 5. The van der Waals surface area contributed by atoms with Gasteiger partial charge in [0.25, 0.3) is 0 Å². The van der Waals surface area contributed by atoms with Crippen molar-refractivity contribution in [3.05, 3.63) is 81.3 Å². The number of hydrogen-bond acceptors (Lipinski definition) is 3. The van der Waals surface area contributed by atoms with Crippen LogP contribution in [0.3, 0.4) is 0 Å². The molecule has 0 unspecified atom stereocenters. The summed E-state index contributed by atoms with van der Waals surface area (Å²) in [5.41, 5.74) is 4.46. The minimum atomic E-state index is -0.279. The summed E-state index contributed by atoms with van der Waals surface area (Å²) in [6.45, 7) is 1.70. The summed E-state index contributed by atoms with van der Waals surface area (Å²) in [6.07, 6.45) is 0.731. The van der Waals surface area contributed by atoms with E-state index in [1.54, 1.807) is 11.0 Å². The lowest BCUT2D eigenvalue weighted by Crippen LogP contribution is -2.39. The number of amides is 2. The fourth-order valence-corrected chi connectivity index (χ4v) is 4.02. The van der Waals surface area contributed by atoms with Gasteiger partial charge < -0.3 is 15.0 Å². The van der Waals surface area contributed by atoms with Crippen LogP contribution in [0.5, 0.6) is 0 Å². The number of carbonyl (C=O) groups excluding carboxylic acids is 1. The highest BCUT2D eigenvalue weighted by molar-refractivity contribution is 9.10. The number of aromatic nitrogens is 2. The molecule has 156 valence electrons. The Morgan fingerprint density at radius 2 is 2.07 bits per heavy atom. The average Bonchev–Trinajstić information content (AvgIpc) is 3.03. The number of anilines is 1. The number of ether oxygens (including phenoxy) is 1. The Balaban J connectivity index is 1.41. The Hall–Kier alpha value is -2.71. The molecule has 6 nitrogen and oxygen atoms in total. The van der Waals surface area contributed by atoms with E-state index in [1.165, 1.54) is 12.1 Å². The maximum Gasteiger partial charge on any atom is 0.322 e. The molecule has 1 aromatic heterocycles. The number of fused-ring (bicyclic) bond motifs is 1. The summed E-state index contributed by atoms with van der Waals surface area (Å²) >= 11 is 3.42. The van der Waals surface area contributed by atoms with Crippen molar-refractivity contribution in [1.29, 1.82) is 0 Å². The van der Waals surface area contributed by atoms with Gasteiger partial charge in [0.15, 0.2) is 0 Å². The van der Waals surface area contributed by atoms with E-state index >= 15 is 0 Å². The maximum absolute atomic E-state index is 13.3. The first kappa shape index (κ1) is 20.6. The van der Waals surface area contributed by atoms with Crippen molar-refractivity contribution >= 4 is 27.6 Å². The second kappa shape index (κ2) is 8.97. The van der Waals surface area contributed by atoms with Crippen LogP contribution in [0, 0.1) is 5.82 Å². The molecule has 1 N–H and O–H groups in total. The van der Waals surface area contributed by atoms with Gasteiger partial charge in [-0.2, -0.15) is 5.10 Å². The molecule has 0 spiro atoms. The predicted octanol–water partition coefficient (Wildman–Crippen LogP) is 4.63. The topological polar surface area (TPSA) is 59.4 Å². The monoisotopic (exact) mass is 472 g/mol. The highest BCUT2D eigenvalue weighted by Crippen LogP contribution is 2.24. The fourth-order valence-electron chi connectivity index (χ4n) is 3.62. The summed E-state index contributed by atoms with van der Waals surface area (Å²) in [7, 11) is 1.91. The molecule has 1 aliphatic heterocycles. The Labute approximate surface area is 182 Å². The lowest BCUT2D eigenvalue weighted by Gasteiger charge is -2.28. The third-order valence-electron chi connectivity index (χ3n) is 5.09. The van der Waals surface area contributed by atoms with Crippen molar-refractivity contribution in [2.75, 3.05) is 11.9 Å². The summed E-state index contributed by atoms with van der Waals surface area (Å²) in [6, 6.07) is 13.7. The first-order valence-corrected chi connectivity index (χ1v) is 10.5. The van der Waals surface area contributed by atoms with Gasteiger partial charge in [-0.25, -0.2) is 9.18 Å². The van der Waals surface area contributed by atoms with Gasteiger partial charge in [-0.05, 0) is 35.9 Å². The zero-order valence-corrected chi connectivity index (χ0v) is 18.2. The van der Waals surface area contributed by atoms with E-state index in [2.05, 4.69) is 26.3 Å². The molecule has 4 rings (SSSR count). The molecule has 0 bridgehead atoms. The largest absolute Gasteiger partial charge is 0.370 e. The van der Waals surface area contributed by atoms with Gasteiger partial charge in [-0.3, -0.25) is 4.68 Å². The van der Waals surface area contributed by atoms with Crippen LogP contribution in [0.1, 0.15) is 22.5 Å². The number of hydrogen-bond donors (Lipinski definition) is 1. The molecule has 3 aromatic rings. The van der Waals surface area contributed by atoms with E-state index in [1.807, 2.05) is 42.1 Å². The van der Waals surface area contributed by atoms with Crippen LogP contribution in [0.15, 0.2) is 53.0 Å². The molecule has 0 saturated carbocycles. The molecule has 30 heavy (non-hydrogen) atoms. The van der Waals surface area contributed by atoms with Gasteiger partial charge >= 0.3 is 6.03 Å². The predicted molar refractivity (Wildman–Crippen MR) is 115 cm³/mol. The third-order valence-corrected chi connectivity index (χ3v) is 5.58. The molecule has 1 aliphatic rings. The van der Waals surface area contributed by atoms with Gasteiger partial charge in [-0.15, -0.1) is 0 Å². The van der Waals surface area contributed by atoms with Crippen molar-refractivity contribution < 1.29 is 13.9 Å². The van der Waals surface area contributed by atoms with Crippen LogP contribution < -0.4 is 5.32 Å². The molecule has 8 heteroatoms. The van der Waals surface area contributed by atoms with Gasteiger partial charge in [0.2, 0.25) is 0 Å². The van der Waals surface area contributed by atoms with Gasteiger partial charge in [0.1, 0.15) is 5.82 Å². The van der Waals surface area contributed by atoms with Gasteiger partial charge in [0.05, 0.1) is 25.5 Å². The van der Waals surface area contributed by atoms with Crippen molar-refractivity contribution in [2.45, 2.75) is 26.2 Å². The fraction of sp³-hybridized carbons (Fsp3) is 0.273. The Kier molecular flexibility index (Phi) is 6.15. The molecule has 0 saturated heterocycles. The highest BCUT2D eigenvalue weighted by Gasteiger charge is 2.26. The number of benzene rings is 2. The standard InChI is InChI=1S/C22H22BrFN4O2/c1-27-21-8-9-28(22(29)25-18-7-3-5-16(23)11-18)12-19(21)20(26-27)14-30-13-15-4-2-6-17(24)10-15/h2-7,10-11H,8-9,12-14H2,1H3,(H,25,29). The molecular weight excluding hydrogens is 451 g/mol. The lowest BCUT2D eigenvalue weighted by molar-refractivity contribution is 0.103. The molecule has 2 aromatic carbocycles. The van der Waals surface area contributed by atoms with E-state index in [0.29, 0.717) is 26.3 Å². The molecule has 0 atom stereocenters. The Morgan fingerprint density at radius 1 is 1.23 bits per heavy atom. The first-order valence-electron chi connectivity index (χ1n) is 9.67. The summed E-state index contributed by atoms with van der Waals surface area (Å²) in [5.74, 6) is -0.279. The highest BCUT2D eigenvalue weighted by atomic mass is 79.9. The van der Waals surface area contributed by atoms with E-state index in [-0.39, 0.29) is 11.8 Å². The van der Waals surface area contributed by atoms with E-state index in [4.69, 9.17) is 4.74 Å². The van der Waals surface area contributed by atoms with Crippen molar-refractivity contribution in [3.63, 3.8) is 0 Å². The van der Waals surface area contributed by atoms with Gasteiger partial charge in [-0.1, -0.05) is 34.1 Å². The van der Waals surface area contributed by atoms with Crippen LogP contribution in [0.25, 0.3) is 0 Å². The second-order valence-corrected chi connectivity index (χ2v) is 8.15. The van der Waals surface area contributed by atoms with Crippen molar-refractivity contribution in [1.82, 2.24) is 14.7 Å². The number of nitrogens with one attached hydrogen (secondary N) is 1. The number of aryl methyl sites for hydroxylation is 1. The second-order valence-electron chi connectivity index (χ2n) is 7.23. The van der Waals surface area contributed by atoms with E-state index in [0.717, 1.165) is 39.1 Å². The smallest absolute Gasteiger partial charge is 0.322 e. The summed E-state index contributed by atoms with van der Waals surface area (Å²) in [4.78, 5) is 14.5. The quantitative estimate of drug-likeness (QED) is 0.588. The number of carbonyl (C=O) groups is 1. The minimum absolute atomic E-state index is 0.144. The Morgan fingerprint density at radius 3 is 2.87 bits per heavy atom. The Bertz CT molecular complexity index is 1070. The maximum atomic E-state index is 13.3. The molecule has 2 amide bonds. The minimum Gasteiger partial charge on any atom is -0.370 e. The summed E-state index contributed by atoms with van der Waals surface area (Å²) in [5, 5.41) is 7.53. The number of nitrogens with zero attached hydrogens (tertiary/aromatic N) is 3. The van der Waals surface area contributed by atoms with Crippen LogP contribution in [0.4, 0.5) is 14.9 Å². The van der Waals surface area contributed by atoms with Crippen LogP contribution >= 0.6 is 15.9 Å². The summed E-state index contributed by atoms with van der Waals surface area (Å²) < 4.78 is 21.9. The number of urea groups is 1. The number of halogens is 2. The molecule has 0 aliphatic carbocycles. The van der Waals surface area contributed by atoms with Crippen LogP contribution in [-0.2, 0) is 38.0 Å². The zero-order valence-electron chi connectivity index (χ0n) is 16.6. The zero-order chi connectivity index (χ0) is 21.1. The third kappa shape index (κ3) is 4.71.